The zero-order valence-electron chi connectivity index (χ0n) is 11.6. The molecule has 5 nitrogen and oxygen atoms in total. The van der Waals surface area contributed by atoms with Gasteiger partial charge in [0, 0.05) is 12.0 Å². The van der Waals surface area contributed by atoms with Gasteiger partial charge in [-0.3, -0.25) is 20.4 Å². The molecule has 0 bridgehead atoms. The molecule has 1 saturated carbocycles. The van der Waals surface area contributed by atoms with Gasteiger partial charge in [0.15, 0.2) is 0 Å². The van der Waals surface area contributed by atoms with Crippen molar-refractivity contribution in [2.45, 2.75) is 39.0 Å². The molecule has 2 N–H and O–H groups in total. The van der Waals surface area contributed by atoms with Gasteiger partial charge in [0.05, 0.1) is 0 Å². The Bertz CT molecular complexity index is 499. The summed E-state index contributed by atoms with van der Waals surface area (Å²) in [5, 5.41) is 0. The molecule has 1 fully saturated rings. The fourth-order valence-electron chi connectivity index (χ4n) is 2.33. The first kappa shape index (κ1) is 14.4. The minimum atomic E-state index is -0.372. The van der Waals surface area contributed by atoms with Crippen molar-refractivity contribution in [3.63, 3.8) is 0 Å². The molecule has 5 heteroatoms. The van der Waals surface area contributed by atoms with Crippen LogP contribution >= 0.6 is 0 Å². The number of furan rings is 1. The van der Waals surface area contributed by atoms with Gasteiger partial charge in [-0.15, -0.1) is 0 Å². The molecule has 2 amide bonds. The van der Waals surface area contributed by atoms with E-state index in [2.05, 4.69) is 10.9 Å². The van der Waals surface area contributed by atoms with Gasteiger partial charge in [-0.2, -0.15) is 0 Å². The molecular formula is C15H20N2O3. The van der Waals surface area contributed by atoms with E-state index in [0.717, 1.165) is 31.4 Å². The summed E-state index contributed by atoms with van der Waals surface area (Å²) in [5.41, 5.74) is 4.86. The van der Waals surface area contributed by atoms with Crippen LogP contribution in [0.15, 0.2) is 22.6 Å². The number of nitrogens with one attached hydrogen (secondary N) is 2. The Morgan fingerprint density at radius 1 is 1.20 bits per heavy atom. The van der Waals surface area contributed by atoms with Crippen LogP contribution in [-0.4, -0.2) is 11.8 Å². The molecule has 0 atom stereocenters. The van der Waals surface area contributed by atoms with Crippen LogP contribution in [-0.2, 0) is 9.59 Å². The quantitative estimate of drug-likeness (QED) is 0.657. The Morgan fingerprint density at radius 3 is 2.60 bits per heavy atom. The highest BCUT2D eigenvalue weighted by atomic mass is 16.3. The summed E-state index contributed by atoms with van der Waals surface area (Å²) in [4.78, 5) is 23.4. The maximum Gasteiger partial charge on any atom is 0.262 e. The lowest BCUT2D eigenvalue weighted by atomic mass is 9.89. The van der Waals surface area contributed by atoms with Gasteiger partial charge in [-0.25, -0.2) is 0 Å². The average Bonchev–Trinajstić information content (AvgIpc) is 2.89. The third-order valence-electron chi connectivity index (χ3n) is 3.44. The van der Waals surface area contributed by atoms with Gasteiger partial charge in [0.2, 0.25) is 5.91 Å². The lowest BCUT2D eigenvalue weighted by Gasteiger charge is -2.20. The van der Waals surface area contributed by atoms with Crippen LogP contribution in [0.4, 0.5) is 0 Å². The molecule has 2 rings (SSSR count). The predicted molar refractivity (Wildman–Crippen MR) is 75.3 cm³/mol. The van der Waals surface area contributed by atoms with Crippen molar-refractivity contribution in [1.82, 2.24) is 10.9 Å². The van der Waals surface area contributed by atoms with Crippen LogP contribution in [0.1, 0.15) is 43.6 Å². The summed E-state index contributed by atoms with van der Waals surface area (Å²) in [6, 6.07) is 3.60. The highest BCUT2D eigenvalue weighted by Gasteiger charge is 2.20. The van der Waals surface area contributed by atoms with Crippen molar-refractivity contribution >= 4 is 17.9 Å². The topological polar surface area (TPSA) is 71.3 Å². The molecule has 0 spiro atoms. The molecule has 0 aliphatic heterocycles. The van der Waals surface area contributed by atoms with Crippen LogP contribution in [0.3, 0.4) is 0 Å². The number of carbonyl (C=O) groups excluding carboxylic acids is 2. The number of hydrogen-bond donors (Lipinski definition) is 2. The van der Waals surface area contributed by atoms with Gasteiger partial charge < -0.3 is 4.42 Å². The van der Waals surface area contributed by atoms with Crippen molar-refractivity contribution < 1.29 is 14.0 Å². The second-order valence-electron chi connectivity index (χ2n) is 5.10. The molecule has 1 aliphatic rings. The zero-order valence-corrected chi connectivity index (χ0v) is 11.6. The third-order valence-corrected chi connectivity index (χ3v) is 3.44. The molecule has 0 unspecified atom stereocenters. The number of rotatable bonds is 3. The second kappa shape index (κ2) is 6.93. The van der Waals surface area contributed by atoms with E-state index in [1.165, 1.54) is 12.5 Å². The van der Waals surface area contributed by atoms with E-state index < -0.39 is 0 Å². The van der Waals surface area contributed by atoms with Crippen molar-refractivity contribution in [2.75, 3.05) is 0 Å². The lowest BCUT2D eigenvalue weighted by molar-refractivity contribution is -0.130. The average molecular weight is 276 g/mol. The SMILES string of the molecule is Cc1ccc(C=CC(=O)NNC(=O)C2CCCCC2)o1. The zero-order chi connectivity index (χ0) is 14.4. The molecule has 1 aromatic heterocycles. The first-order valence-corrected chi connectivity index (χ1v) is 6.99. The largest absolute Gasteiger partial charge is 0.462 e. The van der Waals surface area contributed by atoms with Gasteiger partial charge in [0.25, 0.3) is 5.91 Å². The Labute approximate surface area is 118 Å². The number of amides is 2. The molecule has 1 aromatic rings. The molecule has 0 aromatic carbocycles. The fourth-order valence-corrected chi connectivity index (χ4v) is 2.33. The van der Waals surface area contributed by atoms with Crippen molar-refractivity contribution in [2.24, 2.45) is 5.92 Å². The van der Waals surface area contributed by atoms with Crippen LogP contribution in [0.25, 0.3) is 6.08 Å². The standard InChI is InChI=1S/C15H20N2O3/c1-11-7-8-13(20-11)9-10-14(18)16-17-15(19)12-5-3-2-4-6-12/h7-10,12H,2-6H2,1H3,(H,16,18)(H,17,19). The first-order chi connectivity index (χ1) is 9.65. The smallest absolute Gasteiger partial charge is 0.262 e. The highest BCUT2D eigenvalue weighted by Crippen LogP contribution is 2.23. The Morgan fingerprint density at radius 2 is 1.95 bits per heavy atom. The Balaban J connectivity index is 1.74. The van der Waals surface area contributed by atoms with Crippen LogP contribution in [0.2, 0.25) is 0 Å². The molecule has 1 heterocycles. The van der Waals surface area contributed by atoms with Crippen molar-refractivity contribution in [1.29, 1.82) is 0 Å². The molecule has 1 aliphatic carbocycles. The normalized spacial score (nSPS) is 16.2. The van der Waals surface area contributed by atoms with Gasteiger partial charge in [-0.05, 0) is 38.0 Å². The third kappa shape index (κ3) is 4.26. The Hall–Kier alpha value is -2.04. The minimum Gasteiger partial charge on any atom is -0.462 e. The molecule has 20 heavy (non-hydrogen) atoms. The van der Waals surface area contributed by atoms with E-state index in [1.807, 2.05) is 13.0 Å². The number of hydrazine groups is 1. The molecule has 0 radical (unpaired) electrons. The van der Waals surface area contributed by atoms with Crippen molar-refractivity contribution in [3.8, 4) is 0 Å². The summed E-state index contributed by atoms with van der Waals surface area (Å²) < 4.78 is 5.30. The van der Waals surface area contributed by atoms with E-state index in [-0.39, 0.29) is 17.7 Å². The maximum atomic E-state index is 11.8. The number of hydrogen-bond acceptors (Lipinski definition) is 3. The Kier molecular flexibility index (Phi) is 4.98. The van der Waals surface area contributed by atoms with Crippen LogP contribution in [0, 0.1) is 12.8 Å². The van der Waals surface area contributed by atoms with E-state index in [1.54, 1.807) is 12.1 Å². The fraction of sp³-hybridized carbons (Fsp3) is 0.467. The molecule has 108 valence electrons. The second-order valence-corrected chi connectivity index (χ2v) is 5.10. The monoisotopic (exact) mass is 276 g/mol. The number of aryl methyl sites for hydroxylation is 1. The summed E-state index contributed by atoms with van der Waals surface area (Å²) in [7, 11) is 0. The predicted octanol–water partition coefficient (Wildman–Crippen LogP) is 2.33. The van der Waals surface area contributed by atoms with E-state index in [9.17, 15) is 9.59 Å². The minimum absolute atomic E-state index is 0.0285. The van der Waals surface area contributed by atoms with E-state index >= 15 is 0 Å². The van der Waals surface area contributed by atoms with Gasteiger partial charge in [0.1, 0.15) is 11.5 Å². The first-order valence-electron chi connectivity index (χ1n) is 6.99. The van der Waals surface area contributed by atoms with Gasteiger partial charge >= 0.3 is 0 Å². The maximum absolute atomic E-state index is 11.8. The van der Waals surface area contributed by atoms with Gasteiger partial charge in [-0.1, -0.05) is 19.3 Å². The molecular weight excluding hydrogens is 256 g/mol. The van der Waals surface area contributed by atoms with Crippen molar-refractivity contribution in [3.05, 3.63) is 29.7 Å². The summed E-state index contributed by atoms with van der Waals surface area (Å²) in [5.74, 6) is 0.955. The van der Waals surface area contributed by atoms with E-state index in [0.29, 0.717) is 5.76 Å². The van der Waals surface area contributed by atoms with Crippen LogP contribution in [0.5, 0.6) is 0 Å². The summed E-state index contributed by atoms with van der Waals surface area (Å²) >= 11 is 0. The lowest BCUT2D eigenvalue weighted by Crippen LogP contribution is -2.44. The number of carbonyl (C=O) groups is 2. The highest BCUT2D eigenvalue weighted by molar-refractivity contribution is 5.93. The molecule has 0 saturated heterocycles. The summed E-state index contributed by atoms with van der Waals surface area (Å²) in [6.07, 6.45) is 8.08. The summed E-state index contributed by atoms with van der Waals surface area (Å²) in [6.45, 7) is 1.84. The van der Waals surface area contributed by atoms with E-state index in [4.69, 9.17) is 4.42 Å². The van der Waals surface area contributed by atoms with Crippen LogP contribution < -0.4 is 10.9 Å².